The fourth-order valence-electron chi connectivity index (χ4n) is 3.46. The number of morpholine rings is 1. The lowest BCUT2D eigenvalue weighted by Gasteiger charge is -2.30. The van der Waals surface area contributed by atoms with Crippen LogP contribution in [0.2, 0.25) is 0 Å². The van der Waals surface area contributed by atoms with E-state index in [1.54, 1.807) is 17.9 Å². The third kappa shape index (κ3) is 4.09. The minimum atomic E-state index is -0.235. The molecule has 1 aliphatic rings. The highest BCUT2D eigenvalue weighted by Crippen LogP contribution is 2.27. The van der Waals surface area contributed by atoms with Crippen LogP contribution in [0, 0.1) is 0 Å². The number of rotatable bonds is 5. The third-order valence-electron chi connectivity index (χ3n) is 5.00. The van der Waals surface area contributed by atoms with E-state index in [0.717, 1.165) is 41.5 Å². The number of anilines is 2. The van der Waals surface area contributed by atoms with E-state index < -0.39 is 0 Å². The number of ether oxygens (including phenoxy) is 2. The number of nitrogens with one attached hydrogen (secondary N) is 1. The molecule has 0 bridgehead atoms. The van der Waals surface area contributed by atoms with Crippen molar-refractivity contribution in [2.45, 2.75) is 0 Å². The number of methoxy groups -OCH3 is 1. The van der Waals surface area contributed by atoms with Crippen LogP contribution in [0.1, 0.15) is 10.5 Å². The summed E-state index contributed by atoms with van der Waals surface area (Å²) >= 11 is 0. The Morgan fingerprint density at radius 3 is 2.55 bits per heavy atom. The van der Waals surface area contributed by atoms with Crippen LogP contribution in [-0.2, 0) is 11.8 Å². The normalized spacial score (nSPS) is 13.9. The quantitative estimate of drug-likeness (QED) is 0.722. The molecule has 1 aliphatic heterocycles. The molecular weight excluding hydrogens is 368 g/mol. The molecule has 7 nitrogen and oxygen atoms in total. The lowest BCUT2D eigenvalue weighted by atomic mass is 10.1. The van der Waals surface area contributed by atoms with Gasteiger partial charge in [-0.1, -0.05) is 12.1 Å². The van der Waals surface area contributed by atoms with E-state index in [0.29, 0.717) is 18.9 Å². The predicted molar refractivity (Wildman–Crippen MR) is 113 cm³/mol. The second-order valence-corrected chi connectivity index (χ2v) is 6.84. The van der Waals surface area contributed by atoms with Gasteiger partial charge in [0, 0.05) is 25.7 Å². The second kappa shape index (κ2) is 8.36. The summed E-state index contributed by atoms with van der Waals surface area (Å²) in [6.07, 6.45) is 0. The summed E-state index contributed by atoms with van der Waals surface area (Å²) in [5.41, 5.74) is 3.97. The zero-order valence-electron chi connectivity index (χ0n) is 16.6. The van der Waals surface area contributed by atoms with Crippen molar-refractivity contribution in [1.82, 2.24) is 9.78 Å². The Bertz CT molecular complexity index is 992. The van der Waals surface area contributed by atoms with E-state index >= 15 is 0 Å². The number of aromatic nitrogens is 2. The van der Waals surface area contributed by atoms with Crippen LogP contribution in [0.4, 0.5) is 11.4 Å². The molecule has 1 aromatic heterocycles. The maximum absolute atomic E-state index is 12.9. The third-order valence-corrected chi connectivity index (χ3v) is 5.00. The summed E-state index contributed by atoms with van der Waals surface area (Å²) in [6, 6.07) is 17.3. The summed E-state index contributed by atoms with van der Waals surface area (Å²) in [4.78, 5) is 15.1. The number of carbonyl (C=O) groups is 1. The summed E-state index contributed by atoms with van der Waals surface area (Å²) in [5, 5.41) is 7.42. The number of nitrogens with zero attached hydrogens (tertiary/aromatic N) is 3. The van der Waals surface area contributed by atoms with Gasteiger partial charge in [-0.05, 0) is 42.5 Å². The molecular formula is C22H24N4O3. The monoisotopic (exact) mass is 392 g/mol. The van der Waals surface area contributed by atoms with E-state index in [-0.39, 0.29) is 5.91 Å². The van der Waals surface area contributed by atoms with Crippen LogP contribution >= 0.6 is 0 Å². The number of hydrogen-bond acceptors (Lipinski definition) is 5. The first-order chi connectivity index (χ1) is 14.2. The van der Waals surface area contributed by atoms with Crippen molar-refractivity contribution in [2.24, 2.45) is 7.05 Å². The highest BCUT2D eigenvalue weighted by molar-refractivity contribution is 6.05. The molecule has 0 aliphatic carbocycles. The van der Waals surface area contributed by atoms with Crippen molar-refractivity contribution in [3.8, 4) is 17.0 Å². The summed E-state index contributed by atoms with van der Waals surface area (Å²) in [5.74, 6) is 0.551. The van der Waals surface area contributed by atoms with Crippen molar-refractivity contribution in [3.63, 3.8) is 0 Å². The van der Waals surface area contributed by atoms with E-state index in [1.165, 1.54) is 0 Å². The molecule has 0 saturated carbocycles. The molecule has 1 amide bonds. The van der Waals surface area contributed by atoms with Gasteiger partial charge in [0.1, 0.15) is 5.75 Å². The fourth-order valence-corrected chi connectivity index (χ4v) is 3.46. The standard InChI is InChI=1S/C22H24N4O3/c1-25-21(16-7-9-17(28-2)10-8-16)15-19(24-25)22(27)23-18-5-3-4-6-20(18)26-11-13-29-14-12-26/h3-10,15H,11-14H2,1-2H3,(H,23,27). The van der Waals surface area contributed by atoms with Crippen LogP contribution in [0.5, 0.6) is 5.75 Å². The number of aryl methyl sites for hydroxylation is 1. The molecule has 1 N–H and O–H groups in total. The zero-order chi connectivity index (χ0) is 20.2. The van der Waals surface area contributed by atoms with Crippen molar-refractivity contribution in [2.75, 3.05) is 43.6 Å². The van der Waals surface area contributed by atoms with Gasteiger partial charge in [0.2, 0.25) is 0 Å². The smallest absolute Gasteiger partial charge is 0.276 e. The number of para-hydroxylation sites is 2. The largest absolute Gasteiger partial charge is 0.497 e. The minimum absolute atomic E-state index is 0.235. The van der Waals surface area contributed by atoms with Gasteiger partial charge in [0.05, 0.1) is 37.4 Å². The lowest BCUT2D eigenvalue weighted by molar-refractivity contribution is 0.102. The van der Waals surface area contributed by atoms with E-state index in [4.69, 9.17) is 9.47 Å². The van der Waals surface area contributed by atoms with Crippen LogP contribution in [0.15, 0.2) is 54.6 Å². The van der Waals surface area contributed by atoms with E-state index in [1.807, 2.05) is 55.6 Å². The molecule has 0 spiro atoms. The first-order valence-electron chi connectivity index (χ1n) is 9.57. The molecule has 1 saturated heterocycles. The van der Waals surface area contributed by atoms with Crippen molar-refractivity contribution in [1.29, 1.82) is 0 Å². The van der Waals surface area contributed by atoms with Crippen LogP contribution in [0.25, 0.3) is 11.3 Å². The van der Waals surface area contributed by atoms with E-state index in [9.17, 15) is 4.79 Å². The lowest BCUT2D eigenvalue weighted by Crippen LogP contribution is -2.36. The van der Waals surface area contributed by atoms with Gasteiger partial charge in [-0.15, -0.1) is 0 Å². The Hall–Kier alpha value is -3.32. The first-order valence-corrected chi connectivity index (χ1v) is 9.57. The Morgan fingerprint density at radius 2 is 1.83 bits per heavy atom. The van der Waals surface area contributed by atoms with Crippen molar-refractivity contribution in [3.05, 3.63) is 60.3 Å². The number of hydrogen-bond donors (Lipinski definition) is 1. The minimum Gasteiger partial charge on any atom is -0.497 e. The Kier molecular flexibility index (Phi) is 5.48. The SMILES string of the molecule is COc1ccc(-c2cc(C(=O)Nc3ccccc3N3CCOCC3)nn2C)cc1. The van der Waals surface area contributed by atoms with Gasteiger partial charge in [0.25, 0.3) is 5.91 Å². The molecule has 7 heteroatoms. The molecule has 2 heterocycles. The summed E-state index contributed by atoms with van der Waals surface area (Å²) in [6.45, 7) is 2.98. The molecule has 0 unspecified atom stereocenters. The summed E-state index contributed by atoms with van der Waals surface area (Å²) < 4.78 is 12.4. The topological polar surface area (TPSA) is 68.6 Å². The van der Waals surface area contributed by atoms with Crippen molar-refractivity contribution < 1.29 is 14.3 Å². The maximum Gasteiger partial charge on any atom is 0.276 e. The van der Waals surface area contributed by atoms with Gasteiger partial charge >= 0.3 is 0 Å². The van der Waals surface area contributed by atoms with Crippen LogP contribution in [-0.4, -0.2) is 49.1 Å². The molecule has 1 fully saturated rings. The molecule has 29 heavy (non-hydrogen) atoms. The fraction of sp³-hybridized carbons (Fsp3) is 0.273. The zero-order valence-corrected chi connectivity index (χ0v) is 16.6. The molecule has 4 rings (SSSR count). The molecule has 0 atom stereocenters. The van der Waals surface area contributed by atoms with Crippen LogP contribution < -0.4 is 15.0 Å². The second-order valence-electron chi connectivity index (χ2n) is 6.84. The average Bonchev–Trinajstić information content (AvgIpc) is 3.16. The highest BCUT2D eigenvalue weighted by atomic mass is 16.5. The molecule has 150 valence electrons. The van der Waals surface area contributed by atoms with Gasteiger partial charge in [-0.25, -0.2) is 0 Å². The number of benzene rings is 2. The Morgan fingerprint density at radius 1 is 1.10 bits per heavy atom. The van der Waals surface area contributed by atoms with Gasteiger partial charge in [-0.2, -0.15) is 5.10 Å². The first kappa shape index (κ1) is 19.0. The average molecular weight is 392 g/mol. The van der Waals surface area contributed by atoms with Gasteiger partial charge in [-0.3, -0.25) is 9.48 Å². The van der Waals surface area contributed by atoms with Crippen molar-refractivity contribution >= 4 is 17.3 Å². The predicted octanol–water partition coefficient (Wildman–Crippen LogP) is 3.18. The number of carbonyl (C=O) groups excluding carboxylic acids is 1. The molecule has 2 aromatic carbocycles. The Labute approximate surface area is 169 Å². The van der Waals surface area contributed by atoms with Gasteiger partial charge in [0.15, 0.2) is 5.69 Å². The highest BCUT2D eigenvalue weighted by Gasteiger charge is 2.18. The van der Waals surface area contributed by atoms with E-state index in [2.05, 4.69) is 15.3 Å². The molecule has 3 aromatic rings. The van der Waals surface area contributed by atoms with Gasteiger partial charge < -0.3 is 19.7 Å². The van der Waals surface area contributed by atoms with Crippen LogP contribution in [0.3, 0.4) is 0 Å². The Balaban J connectivity index is 1.55. The molecule has 0 radical (unpaired) electrons. The number of amides is 1. The summed E-state index contributed by atoms with van der Waals surface area (Å²) in [7, 11) is 3.47. The maximum atomic E-state index is 12.9.